The number of esters is 2. The van der Waals surface area contributed by atoms with Crippen LogP contribution in [0.15, 0.2) is 12.1 Å². The van der Waals surface area contributed by atoms with Crippen molar-refractivity contribution >= 4 is 11.9 Å². The highest BCUT2D eigenvalue weighted by molar-refractivity contribution is 5.78. The average Bonchev–Trinajstić information content (AvgIpc) is 3.65. The SMILES string of the molecule is CO[C@@]12CC[C@H](N[C@@H](CCC(=O)OC(C)(C)C)C(=O)OC(C)(C)C)[C@@H]3Oc4c(O)ccc5c4C31CCN(CC1CC1)C2C5. The van der Waals surface area contributed by atoms with Crippen molar-refractivity contribution in [3.05, 3.63) is 23.3 Å². The van der Waals surface area contributed by atoms with Crippen LogP contribution in [-0.4, -0.2) is 83.2 Å². The summed E-state index contributed by atoms with van der Waals surface area (Å²) in [7, 11) is 1.84. The number of likely N-dealkylation sites (tertiary alicyclic amines) is 1. The Balaban J connectivity index is 1.33. The van der Waals surface area contributed by atoms with E-state index in [0.717, 1.165) is 50.3 Å². The molecule has 0 aromatic heterocycles. The quantitative estimate of drug-likeness (QED) is 0.400. The van der Waals surface area contributed by atoms with Gasteiger partial charge in [-0.05, 0) is 111 Å². The molecule has 2 unspecified atom stereocenters. The van der Waals surface area contributed by atoms with Gasteiger partial charge in [0.25, 0.3) is 0 Å². The number of nitrogens with one attached hydrogen (secondary N) is 1. The molecule has 2 N–H and O–H groups in total. The second-order valence-corrected chi connectivity index (χ2v) is 15.5. The zero-order valence-electron chi connectivity index (χ0n) is 27.0. The van der Waals surface area contributed by atoms with Crippen molar-refractivity contribution in [3.63, 3.8) is 0 Å². The first-order valence-corrected chi connectivity index (χ1v) is 16.2. The zero-order valence-corrected chi connectivity index (χ0v) is 27.0. The lowest BCUT2D eigenvalue weighted by Gasteiger charge is -2.65. The summed E-state index contributed by atoms with van der Waals surface area (Å²) >= 11 is 0. The number of hydrogen-bond acceptors (Lipinski definition) is 9. The summed E-state index contributed by atoms with van der Waals surface area (Å²) in [6.45, 7) is 13.1. The van der Waals surface area contributed by atoms with Gasteiger partial charge in [0.05, 0.1) is 11.0 Å². The second-order valence-electron chi connectivity index (χ2n) is 15.5. The number of benzene rings is 1. The first kappa shape index (κ1) is 30.7. The van der Waals surface area contributed by atoms with Crippen molar-refractivity contribution in [2.24, 2.45) is 5.92 Å². The molecule has 2 heterocycles. The number of aromatic hydroxyl groups is 1. The number of rotatable bonds is 9. The number of hydrogen-bond donors (Lipinski definition) is 2. The van der Waals surface area contributed by atoms with E-state index < -0.39 is 34.2 Å². The van der Waals surface area contributed by atoms with Crippen molar-refractivity contribution in [3.8, 4) is 11.5 Å². The van der Waals surface area contributed by atoms with Crippen LogP contribution in [0.5, 0.6) is 11.5 Å². The number of carbonyl (C=O) groups is 2. The minimum Gasteiger partial charge on any atom is -0.504 e. The Labute approximate surface area is 256 Å². The number of phenolic OH excluding ortho intramolecular Hbond substituents is 1. The molecule has 9 heteroatoms. The highest BCUT2D eigenvalue weighted by Crippen LogP contribution is 2.66. The van der Waals surface area contributed by atoms with E-state index in [1.54, 1.807) is 6.07 Å². The normalized spacial score (nSPS) is 32.0. The number of carbonyl (C=O) groups excluding carboxylic acids is 2. The van der Waals surface area contributed by atoms with Crippen molar-refractivity contribution < 1.29 is 33.6 Å². The zero-order chi connectivity index (χ0) is 30.9. The van der Waals surface area contributed by atoms with Crippen molar-refractivity contribution in [2.75, 3.05) is 20.2 Å². The molecule has 1 aromatic rings. The van der Waals surface area contributed by atoms with Crippen LogP contribution in [0.3, 0.4) is 0 Å². The molecule has 5 aliphatic rings. The van der Waals surface area contributed by atoms with E-state index in [4.69, 9.17) is 18.9 Å². The summed E-state index contributed by atoms with van der Waals surface area (Å²) in [5.74, 6) is 0.749. The van der Waals surface area contributed by atoms with E-state index in [1.165, 1.54) is 18.4 Å². The van der Waals surface area contributed by atoms with E-state index in [-0.39, 0.29) is 42.7 Å². The van der Waals surface area contributed by atoms with E-state index in [9.17, 15) is 14.7 Å². The summed E-state index contributed by atoms with van der Waals surface area (Å²) in [6, 6.07) is 3.10. The molecule has 43 heavy (non-hydrogen) atoms. The summed E-state index contributed by atoms with van der Waals surface area (Å²) in [5.41, 5.74) is 0.109. The molecule has 6 atom stereocenters. The molecule has 3 aliphatic carbocycles. The molecule has 0 amide bonds. The summed E-state index contributed by atoms with van der Waals surface area (Å²) in [5, 5.41) is 14.7. The van der Waals surface area contributed by atoms with Gasteiger partial charge in [0.2, 0.25) is 0 Å². The number of piperidine rings is 1. The van der Waals surface area contributed by atoms with Gasteiger partial charge < -0.3 is 24.1 Å². The van der Waals surface area contributed by atoms with Crippen molar-refractivity contribution in [1.82, 2.24) is 10.2 Å². The molecule has 1 aromatic carbocycles. The Morgan fingerprint density at radius 1 is 1.09 bits per heavy atom. The number of methoxy groups -OCH3 is 1. The van der Waals surface area contributed by atoms with Crippen LogP contribution in [0.4, 0.5) is 0 Å². The lowest BCUT2D eigenvalue weighted by Crippen LogP contribution is -2.79. The van der Waals surface area contributed by atoms with Gasteiger partial charge >= 0.3 is 11.9 Å². The third-order valence-electron chi connectivity index (χ3n) is 10.3. The van der Waals surface area contributed by atoms with Crippen LogP contribution in [-0.2, 0) is 35.6 Å². The van der Waals surface area contributed by atoms with Crippen LogP contribution in [0.25, 0.3) is 0 Å². The van der Waals surface area contributed by atoms with Crippen LogP contribution in [0, 0.1) is 5.92 Å². The molecule has 2 bridgehead atoms. The van der Waals surface area contributed by atoms with Gasteiger partial charge in [-0.1, -0.05) is 6.07 Å². The minimum absolute atomic E-state index is 0.0862. The first-order chi connectivity index (χ1) is 20.2. The molecular formula is C34H50N2O7. The fourth-order valence-corrected chi connectivity index (χ4v) is 8.60. The van der Waals surface area contributed by atoms with E-state index in [0.29, 0.717) is 5.75 Å². The van der Waals surface area contributed by atoms with E-state index in [1.807, 2.05) is 48.7 Å². The van der Waals surface area contributed by atoms with Crippen molar-refractivity contribution in [1.29, 1.82) is 0 Å². The maximum atomic E-state index is 13.6. The molecule has 3 fully saturated rings. The fraction of sp³-hybridized carbons (Fsp3) is 0.765. The maximum absolute atomic E-state index is 13.6. The Hall–Kier alpha value is -2.36. The predicted molar refractivity (Wildman–Crippen MR) is 161 cm³/mol. The lowest BCUT2D eigenvalue weighted by atomic mass is 9.48. The molecule has 6 rings (SSSR count). The van der Waals surface area contributed by atoms with Gasteiger partial charge in [-0.15, -0.1) is 0 Å². The van der Waals surface area contributed by atoms with Gasteiger partial charge in [0, 0.05) is 37.7 Å². The largest absolute Gasteiger partial charge is 0.504 e. The molecule has 0 radical (unpaired) electrons. The first-order valence-electron chi connectivity index (χ1n) is 16.2. The topological polar surface area (TPSA) is 107 Å². The van der Waals surface area contributed by atoms with Gasteiger partial charge in [-0.25, -0.2) is 0 Å². The van der Waals surface area contributed by atoms with E-state index in [2.05, 4.69) is 16.3 Å². The Bertz CT molecular complexity index is 1260. The lowest BCUT2D eigenvalue weighted by molar-refractivity contribution is -0.208. The smallest absolute Gasteiger partial charge is 0.323 e. The highest BCUT2D eigenvalue weighted by Gasteiger charge is 2.74. The molecule has 1 spiro atoms. The molecule has 2 aliphatic heterocycles. The van der Waals surface area contributed by atoms with Gasteiger partial charge in [-0.3, -0.25) is 19.8 Å². The number of phenols is 1. The number of nitrogens with zero attached hydrogens (tertiary/aromatic N) is 1. The molecular weight excluding hydrogens is 548 g/mol. The van der Waals surface area contributed by atoms with Gasteiger partial charge in [0.1, 0.15) is 23.3 Å². The minimum atomic E-state index is -0.724. The van der Waals surface area contributed by atoms with Crippen LogP contribution >= 0.6 is 0 Å². The highest BCUT2D eigenvalue weighted by atomic mass is 16.6. The van der Waals surface area contributed by atoms with Crippen LogP contribution in [0.1, 0.15) is 97.6 Å². The third-order valence-corrected chi connectivity index (χ3v) is 10.3. The summed E-state index contributed by atoms with van der Waals surface area (Å²) < 4.78 is 24.9. The molecule has 1 saturated heterocycles. The molecule has 9 nitrogen and oxygen atoms in total. The van der Waals surface area contributed by atoms with Gasteiger partial charge in [-0.2, -0.15) is 0 Å². The fourth-order valence-electron chi connectivity index (χ4n) is 8.60. The Kier molecular flexibility index (Phi) is 7.57. The predicted octanol–water partition coefficient (Wildman–Crippen LogP) is 4.40. The van der Waals surface area contributed by atoms with Gasteiger partial charge in [0.15, 0.2) is 11.5 Å². The summed E-state index contributed by atoms with van der Waals surface area (Å²) in [4.78, 5) is 28.9. The van der Waals surface area contributed by atoms with Crippen LogP contribution < -0.4 is 10.1 Å². The standard InChI is InChI=1S/C34H50N2O7/c1-31(2,3)42-26(38)13-11-23(30(39)43-32(4,5)6)35-22-14-15-34(40-7)25-18-21-10-12-24(37)28-27(21)33(34,29(22)41-28)16-17-36(25)19-20-8-9-20/h10,12,20,22-23,25,29,35,37H,8-9,11,13-19H2,1-7H3/t22-,23-,25?,29-,33?,34+/m0/s1. The van der Waals surface area contributed by atoms with Crippen LogP contribution in [0.2, 0.25) is 0 Å². The third kappa shape index (κ3) is 5.33. The molecule has 238 valence electrons. The monoisotopic (exact) mass is 598 g/mol. The summed E-state index contributed by atoms with van der Waals surface area (Å²) in [6.07, 6.45) is 5.84. The Morgan fingerprint density at radius 3 is 2.47 bits per heavy atom. The second kappa shape index (κ2) is 10.6. The average molecular weight is 599 g/mol. The Morgan fingerprint density at radius 2 is 1.81 bits per heavy atom. The molecule has 2 saturated carbocycles. The van der Waals surface area contributed by atoms with Crippen molar-refractivity contribution in [2.45, 2.75) is 139 Å². The maximum Gasteiger partial charge on any atom is 0.323 e. The number of ether oxygens (including phenoxy) is 4. The van der Waals surface area contributed by atoms with E-state index >= 15 is 0 Å².